The SMILES string of the molecule is C[C@@H]1CC[C@@H]2C(=O)N(N(CC(=O)c3ccc(Cl)cc3Cl)C(=O)c3ccc(Cl)c(Cl)c3)C(=O)[C@H]2C1. The number of hydrazine groups is 1. The summed E-state index contributed by atoms with van der Waals surface area (Å²) in [6, 6.07) is 8.52. The number of hydrogen-bond acceptors (Lipinski definition) is 4. The highest BCUT2D eigenvalue weighted by Crippen LogP contribution is 2.41. The molecule has 1 aliphatic heterocycles. The van der Waals surface area contributed by atoms with Gasteiger partial charge >= 0.3 is 0 Å². The van der Waals surface area contributed by atoms with Crippen molar-refractivity contribution >= 4 is 69.9 Å². The van der Waals surface area contributed by atoms with Crippen LogP contribution in [0, 0.1) is 17.8 Å². The molecule has 0 unspecified atom stereocenters. The van der Waals surface area contributed by atoms with Gasteiger partial charge in [-0.05, 0) is 61.6 Å². The monoisotopic (exact) mass is 540 g/mol. The van der Waals surface area contributed by atoms with Crippen molar-refractivity contribution in [1.82, 2.24) is 10.0 Å². The third-order valence-electron chi connectivity index (χ3n) is 6.33. The van der Waals surface area contributed by atoms with Crippen LogP contribution in [0.1, 0.15) is 46.9 Å². The second-order valence-electron chi connectivity index (χ2n) is 8.66. The van der Waals surface area contributed by atoms with E-state index in [0.29, 0.717) is 17.9 Å². The minimum atomic E-state index is -0.731. The molecule has 3 atom stereocenters. The number of hydrogen-bond donors (Lipinski definition) is 0. The van der Waals surface area contributed by atoms with Crippen LogP contribution in [0.25, 0.3) is 0 Å². The third-order valence-corrected chi connectivity index (χ3v) is 7.62. The molecule has 0 aromatic heterocycles. The van der Waals surface area contributed by atoms with Crippen molar-refractivity contribution in [3.05, 3.63) is 67.6 Å². The van der Waals surface area contributed by atoms with Crippen molar-refractivity contribution < 1.29 is 19.2 Å². The number of nitrogens with zero attached hydrogens (tertiary/aromatic N) is 2. The molecule has 178 valence electrons. The first-order valence-electron chi connectivity index (χ1n) is 10.7. The lowest BCUT2D eigenvalue weighted by molar-refractivity contribution is -0.154. The summed E-state index contributed by atoms with van der Waals surface area (Å²) in [5.74, 6) is -3.00. The normalized spacial score (nSPS) is 22.0. The van der Waals surface area contributed by atoms with E-state index in [9.17, 15) is 19.2 Å². The molecule has 1 saturated carbocycles. The van der Waals surface area contributed by atoms with E-state index in [-0.39, 0.29) is 32.1 Å². The molecule has 0 spiro atoms. The quantitative estimate of drug-likeness (QED) is 0.345. The van der Waals surface area contributed by atoms with E-state index in [1.165, 1.54) is 36.4 Å². The number of amides is 3. The largest absolute Gasteiger partial charge is 0.292 e. The van der Waals surface area contributed by atoms with Gasteiger partial charge in [-0.3, -0.25) is 19.2 Å². The van der Waals surface area contributed by atoms with Crippen LogP contribution in [0.2, 0.25) is 20.1 Å². The predicted octanol–water partition coefficient (Wildman–Crippen LogP) is 5.96. The first-order valence-corrected chi connectivity index (χ1v) is 12.2. The lowest BCUT2D eigenvalue weighted by Gasteiger charge is -2.30. The van der Waals surface area contributed by atoms with Crippen LogP contribution in [-0.4, -0.2) is 40.1 Å². The summed E-state index contributed by atoms with van der Waals surface area (Å²) in [5, 5.41) is 2.53. The Morgan fingerprint density at radius 1 is 0.912 bits per heavy atom. The van der Waals surface area contributed by atoms with Gasteiger partial charge < -0.3 is 0 Å². The number of rotatable bonds is 5. The van der Waals surface area contributed by atoms with Crippen LogP contribution in [0.4, 0.5) is 0 Å². The van der Waals surface area contributed by atoms with E-state index in [0.717, 1.165) is 16.4 Å². The Balaban J connectivity index is 1.72. The van der Waals surface area contributed by atoms with Gasteiger partial charge in [-0.25, -0.2) is 5.01 Å². The summed E-state index contributed by atoms with van der Waals surface area (Å²) in [7, 11) is 0. The third kappa shape index (κ3) is 4.69. The van der Waals surface area contributed by atoms with Crippen molar-refractivity contribution in [2.45, 2.75) is 26.2 Å². The van der Waals surface area contributed by atoms with E-state index in [4.69, 9.17) is 46.4 Å². The minimum Gasteiger partial charge on any atom is -0.292 e. The maximum Gasteiger partial charge on any atom is 0.273 e. The van der Waals surface area contributed by atoms with Crippen molar-refractivity contribution in [2.75, 3.05) is 6.54 Å². The second-order valence-corrected chi connectivity index (χ2v) is 10.3. The summed E-state index contributed by atoms with van der Waals surface area (Å²) in [4.78, 5) is 53.3. The molecule has 2 aliphatic rings. The van der Waals surface area contributed by atoms with Crippen LogP contribution in [-0.2, 0) is 9.59 Å². The molecule has 0 radical (unpaired) electrons. The number of ketones is 1. The van der Waals surface area contributed by atoms with Gasteiger partial charge in [0.25, 0.3) is 17.7 Å². The lowest BCUT2D eigenvalue weighted by atomic mass is 9.76. The topological polar surface area (TPSA) is 74.8 Å². The Kier molecular flexibility index (Phi) is 7.25. The van der Waals surface area contributed by atoms with Crippen LogP contribution >= 0.6 is 46.4 Å². The van der Waals surface area contributed by atoms with Crippen LogP contribution in [0.15, 0.2) is 36.4 Å². The van der Waals surface area contributed by atoms with Gasteiger partial charge in [0, 0.05) is 16.1 Å². The highest BCUT2D eigenvalue weighted by molar-refractivity contribution is 6.42. The van der Waals surface area contributed by atoms with E-state index in [1.54, 1.807) is 0 Å². The average Bonchev–Trinajstić information content (AvgIpc) is 3.02. The smallest absolute Gasteiger partial charge is 0.273 e. The first-order chi connectivity index (χ1) is 16.1. The molecule has 1 saturated heterocycles. The van der Waals surface area contributed by atoms with Crippen molar-refractivity contribution in [2.24, 2.45) is 17.8 Å². The number of benzene rings is 2. The van der Waals surface area contributed by atoms with Crippen molar-refractivity contribution in [3.8, 4) is 0 Å². The number of carbonyl (C=O) groups is 4. The van der Waals surface area contributed by atoms with Gasteiger partial charge in [-0.15, -0.1) is 0 Å². The second kappa shape index (κ2) is 9.86. The Morgan fingerprint density at radius 3 is 2.29 bits per heavy atom. The maximum atomic E-state index is 13.5. The fourth-order valence-electron chi connectivity index (χ4n) is 4.56. The van der Waals surface area contributed by atoms with Gasteiger partial charge in [0.15, 0.2) is 5.78 Å². The zero-order chi connectivity index (χ0) is 24.7. The van der Waals surface area contributed by atoms with Gasteiger partial charge in [-0.1, -0.05) is 53.3 Å². The standard InChI is InChI=1S/C24H20Cl4N2O4/c1-12-2-5-15-17(8-12)24(34)30(23(15)33)29(22(32)13-3-7-18(26)20(28)9-13)11-21(31)16-6-4-14(25)10-19(16)27/h3-4,6-7,9-10,12,15,17H,2,5,8,11H2,1H3/t12-,15+,17+/m1/s1. The lowest BCUT2D eigenvalue weighted by Crippen LogP contribution is -2.52. The maximum absolute atomic E-state index is 13.5. The van der Waals surface area contributed by atoms with Crippen LogP contribution in [0.3, 0.4) is 0 Å². The van der Waals surface area contributed by atoms with Gasteiger partial charge in [-0.2, -0.15) is 5.01 Å². The Hall–Kier alpha value is -2.12. The van der Waals surface area contributed by atoms with Gasteiger partial charge in [0.1, 0.15) is 6.54 Å². The molecule has 0 bridgehead atoms. The molecule has 3 amide bonds. The molecule has 2 aromatic rings. The molecule has 2 fully saturated rings. The first kappa shape index (κ1) is 25.0. The number of Topliss-reactive ketones (excluding diaryl/α,β-unsaturated/α-hetero) is 1. The molecule has 10 heteroatoms. The zero-order valence-electron chi connectivity index (χ0n) is 18.1. The zero-order valence-corrected chi connectivity index (χ0v) is 21.1. The summed E-state index contributed by atoms with van der Waals surface area (Å²) in [5.41, 5.74) is 0.191. The van der Waals surface area contributed by atoms with Crippen LogP contribution < -0.4 is 0 Å². The highest BCUT2D eigenvalue weighted by Gasteiger charge is 2.52. The summed E-state index contributed by atoms with van der Waals surface area (Å²) >= 11 is 24.2. The number of fused-ring (bicyclic) bond motifs is 1. The van der Waals surface area contributed by atoms with Crippen molar-refractivity contribution in [1.29, 1.82) is 0 Å². The van der Waals surface area contributed by atoms with E-state index < -0.39 is 41.9 Å². The number of carbonyl (C=O) groups excluding carboxylic acids is 4. The van der Waals surface area contributed by atoms with Gasteiger partial charge in [0.2, 0.25) is 0 Å². The Morgan fingerprint density at radius 2 is 1.62 bits per heavy atom. The summed E-state index contributed by atoms with van der Waals surface area (Å²) in [6.45, 7) is 1.45. The van der Waals surface area contributed by atoms with E-state index in [2.05, 4.69) is 0 Å². The fraction of sp³-hybridized carbons (Fsp3) is 0.333. The fourth-order valence-corrected chi connectivity index (χ4v) is 5.37. The van der Waals surface area contributed by atoms with E-state index >= 15 is 0 Å². The molecular weight excluding hydrogens is 522 g/mol. The van der Waals surface area contributed by atoms with Gasteiger partial charge in [0.05, 0.1) is 26.9 Å². The molecule has 4 rings (SSSR count). The molecule has 34 heavy (non-hydrogen) atoms. The Labute approximate surface area is 216 Å². The Bertz CT molecular complexity index is 1200. The molecule has 6 nitrogen and oxygen atoms in total. The average molecular weight is 542 g/mol. The molecular formula is C24H20Cl4N2O4. The van der Waals surface area contributed by atoms with E-state index in [1.807, 2.05) is 6.92 Å². The highest BCUT2D eigenvalue weighted by atomic mass is 35.5. The summed E-state index contributed by atoms with van der Waals surface area (Å²) in [6.07, 6.45) is 1.92. The molecule has 0 N–H and O–H groups in total. The predicted molar refractivity (Wildman–Crippen MR) is 130 cm³/mol. The molecule has 1 aliphatic carbocycles. The number of halogens is 4. The summed E-state index contributed by atoms with van der Waals surface area (Å²) < 4.78 is 0. The molecule has 1 heterocycles. The van der Waals surface area contributed by atoms with Crippen LogP contribution in [0.5, 0.6) is 0 Å². The van der Waals surface area contributed by atoms with Crippen molar-refractivity contribution in [3.63, 3.8) is 0 Å². The number of imide groups is 1. The molecule has 2 aromatic carbocycles. The minimum absolute atomic E-state index is 0.0771.